The van der Waals surface area contributed by atoms with Gasteiger partial charge in [-0.15, -0.1) is 0 Å². The van der Waals surface area contributed by atoms with Gasteiger partial charge < -0.3 is 5.73 Å². The quantitative estimate of drug-likeness (QED) is 0.664. The summed E-state index contributed by atoms with van der Waals surface area (Å²) in [5.74, 6) is 1.11. The highest BCUT2D eigenvalue weighted by Crippen LogP contribution is 2.54. The van der Waals surface area contributed by atoms with Crippen LogP contribution >= 0.6 is 15.9 Å². The Morgan fingerprint density at radius 3 is 2.55 bits per heavy atom. The van der Waals surface area contributed by atoms with E-state index in [0.29, 0.717) is 5.92 Å². The molecule has 0 aromatic rings. The van der Waals surface area contributed by atoms with Crippen molar-refractivity contribution in [2.75, 3.05) is 0 Å². The van der Waals surface area contributed by atoms with Crippen LogP contribution in [0.15, 0.2) is 0 Å². The SMILES string of the molecule is NC(=O)[C@]1(Br)CC2CCC1C2. The van der Waals surface area contributed by atoms with Gasteiger partial charge in [-0.25, -0.2) is 0 Å². The van der Waals surface area contributed by atoms with Gasteiger partial charge in [0.05, 0.1) is 0 Å². The highest BCUT2D eigenvalue weighted by Gasteiger charge is 2.53. The van der Waals surface area contributed by atoms with E-state index in [0.717, 1.165) is 12.3 Å². The topological polar surface area (TPSA) is 43.1 Å². The van der Waals surface area contributed by atoms with E-state index in [-0.39, 0.29) is 10.2 Å². The lowest BCUT2D eigenvalue weighted by Crippen LogP contribution is -2.42. The van der Waals surface area contributed by atoms with E-state index in [2.05, 4.69) is 15.9 Å². The fraction of sp³-hybridized carbons (Fsp3) is 0.875. The highest BCUT2D eigenvalue weighted by atomic mass is 79.9. The minimum Gasteiger partial charge on any atom is -0.368 e. The normalized spacial score (nSPS) is 48.1. The first-order chi connectivity index (χ1) is 5.13. The molecule has 0 heterocycles. The number of hydrogen-bond acceptors (Lipinski definition) is 1. The minimum atomic E-state index is -0.337. The maximum atomic E-state index is 11.1. The predicted molar refractivity (Wildman–Crippen MR) is 46.3 cm³/mol. The van der Waals surface area contributed by atoms with Gasteiger partial charge in [0, 0.05) is 0 Å². The van der Waals surface area contributed by atoms with E-state index in [9.17, 15) is 4.79 Å². The smallest absolute Gasteiger partial charge is 0.234 e. The molecule has 3 heteroatoms. The predicted octanol–water partition coefficient (Wildman–Crippen LogP) is 1.43. The van der Waals surface area contributed by atoms with Crippen molar-refractivity contribution < 1.29 is 4.79 Å². The number of alkyl halides is 1. The first kappa shape index (κ1) is 7.59. The van der Waals surface area contributed by atoms with E-state index in [4.69, 9.17) is 5.73 Å². The van der Waals surface area contributed by atoms with E-state index in [1.165, 1.54) is 19.3 Å². The van der Waals surface area contributed by atoms with Gasteiger partial charge in [0.25, 0.3) is 0 Å². The maximum absolute atomic E-state index is 11.1. The molecule has 3 atom stereocenters. The Labute approximate surface area is 74.7 Å². The van der Waals surface area contributed by atoms with Gasteiger partial charge in [-0.2, -0.15) is 0 Å². The number of halogens is 1. The van der Waals surface area contributed by atoms with Gasteiger partial charge in [-0.05, 0) is 31.1 Å². The zero-order valence-electron chi connectivity index (χ0n) is 6.35. The van der Waals surface area contributed by atoms with Gasteiger partial charge >= 0.3 is 0 Å². The third kappa shape index (κ3) is 0.934. The van der Waals surface area contributed by atoms with Crippen LogP contribution in [0, 0.1) is 11.8 Å². The van der Waals surface area contributed by atoms with E-state index in [1.54, 1.807) is 0 Å². The van der Waals surface area contributed by atoms with Gasteiger partial charge in [-0.1, -0.05) is 22.4 Å². The number of carbonyl (C=O) groups excluding carboxylic acids is 1. The van der Waals surface area contributed by atoms with Crippen LogP contribution in [0.25, 0.3) is 0 Å². The summed E-state index contributed by atoms with van der Waals surface area (Å²) >= 11 is 3.49. The summed E-state index contributed by atoms with van der Waals surface area (Å²) in [5, 5.41) is 0. The molecule has 2 fully saturated rings. The summed E-state index contributed by atoms with van der Waals surface area (Å²) in [6.07, 6.45) is 4.64. The summed E-state index contributed by atoms with van der Waals surface area (Å²) in [6, 6.07) is 0. The van der Waals surface area contributed by atoms with Crippen LogP contribution in [0.4, 0.5) is 0 Å². The molecule has 2 unspecified atom stereocenters. The van der Waals surface area contributed by atoms with Crippen LogP contribution in [0.5, 0.6) is 0 Å². The monoisotopic (exact) mass is 217 g/mol. The lowest BCUT2D eigenvalue weighted by atomic mass is 9.88. The van der Waals surface area contributed by atoms with E-state index in [1.807, 2.05) is 0 Å². The van der Waals surface area contributed by atoms with Crippen molar-refractivity contribution in [3.63, 3.8) is 0 Å². The summed E-state index contributed by atoms with van der Waals surface area (Å²) in [5.41, 5.74) is 5.33. The van der Waals surface area contributed by atoms with Crippen LogP contribution in [0.3, 0.4) is 0 Å². The second-order valence-corrected chi connectivity index (χ2v) is 5.22. The highest BCUT2D eigenvalue weighted by molar-refractivity contribution is 9.10. The van der Waals surface area contributed by atoms with Crippen molar-refractivity contribution in [2.45, 2.75) is 30.0 Å². The van der Waals surface area contributed by atoms with Crippen LogP contribution in [-0.4, -0.2) is 10.2 Å². The lowest BCUT2D eigenvalue weighted by molar-refractivity contribution is -0.121. The fourth-order valence-electron chi connectivity index (χ4n) is 2.56. The number of hydrogen-bond donors (Lipinski definition) is 1. The molecule has 2 aliphatic rings. The molecule has 0 saturated heterocycles. The van der Waals surface area contributed by atoms with Crippen LogP contribution < -0.4 is 5.73 Å². The Hall–Kier alpha value is -0.0500. The summed E-state index contributed by atoms with van der Waals surface area (Å²) in [7, 11) is 0. The number of amides is 1. The molecule has 0 spiro atoms. The van der Waals surface area contributed by atoms with Crippen molar-refractivity contribution in [2.24, 2.45) is 17.6 Å². The number of fused-ring (bicyclic) bond motifs is 2. The van der Waals surface area contributed by atoms with Crippen molar-refractivity contribution in [3.8, 4) is 0 Å². The Bertz CT molecular complexity index is 206. The lowest BCUT2D eigenvalue weighted by Gasteiger charge is -2.28. The molecule has 0 aromatic heterocycles. The molecule has 2 rings (SSSR count). The standard InChI is InChI=1S/C8H12BrNO/c9-8(7(10)11)4-5-1-2-6(8)3-5/h5-6H,1-4H2,(H2,10,11)/t5?,6?,8-/m0/s1. The second-order valence-electron chi connectivity index (χ2n) is 3.81. The molecular weight excluding hydrogens is 206 g/mol. The van der Waals surface area contributed by atoms with Gasteiger partial charge in [-0.3, -0.25) is 4.79 Å². The largest absolute Gasteiger partial charge is 0.368 e. The Balaban J connectivity index is 2.23. The molecule has 0 radical (unpaired) electrons. The van der Waals surface area contributed by atoms with Crippen molar-refractivity contribution in [1.29, 1.82) is 0 Å². The van der Waals surface area contributed by atoms with Crippen LogP contribution in [0.1, 0.15) is 25.7 Å². The molecule has 11 heavy (non-hydrogen) atoms. The summed E-state index contributed by atoms with van der Waals surface area (Å²) in [4.78, 5) is 11.1. The molecular formula is C8H12BrNO. The Kier molecular flexibility index (Phi) is 1.53. The fourth-order valence-corrected chi connectivity index (χ4v) is 3.44. The van der Waals surface area contributed by atoms with Gasteiger partial charge in [0.15, 0.2) is 0 Å². The molecule has 0 aromatic carbocycles. The summed E-state index contributed by atoms with van der Waals surface area (Å²) in [6.45, 7) is 0. The first-order valence-electron chi connectivity index (χ1n) is 4.12. The number of carbonyl (C=O) groups is 1. The average molecular weight is 218 g/mol. The molecule has 2 saturated carbocycles. The number of nitrogens with two attached hydrogens (primary N) is 1. The van der Waals surface area contributed by atoms with Gasteiger partial charge in [0.2, 0.25) is 5.91 Å². The molecule has 2 N–H and O–H groups in total. The Morgan fingerprint density at radius 1 is 1.55 bits per heavy atom. The zero-order valence-corrected chi connectivity index (χ0v) is 7.93. The minimum absolute atomic E-state index is 0.162. The van der Waals surface area contributed by atoms with E-state index < -0.39 is 0 Å². The van der Waals surface area contributed by atoms with Crippen molar-refractivity contribution in [3.05, 3.63) is 0 Å². The van der Waals surface area contributed by atoms with Crippen molar-refractivity contribution in [1.82, 2.24) is 0 Å². The molecule has 0 aliphatic heterocycles. The molecule has 1 amide bonds. The summed E-state index contributed by atoms with van der Waals surface area (Å²) < 4.78 is -0.337. The van der Waals surface area contributed by atoms with Gasteiger partial charge in [0.1, 0.15) is 4.32 Å². The zero-order chi connectivity index (χ0) is 8.06. The molecule has 2 aliphatic carbocycles. The molecule has 62 valence electrons. The maximum Gasteiger partial charge on any atom is 0.234 e. The first-order valence-corrected chi connectivity index (χ1v) is 4.91. The average Bonchev–Trinajstić information content (AvgIpc) is 2.45. The third-order valence-electron chi connectivity index (χ3n) is 3.18. The molecule has 2 nitrogen and oxygen atoms in total. The molecule has 2 bridgehead atoms. The van der Waals surface area contributed by atoms with Crippen LogP contribution in [0.2, 0.25) is 0 Å². The number of rotatable bonds is 1. The number of primary amides is 1. The third-order valence-corrected chi connectivity index (χ3v) is 4.55. The Morgan fingerprint density at radius 2 is 2.27 bits per heavy atom. The van der Waals surface area contributed by atoms with Crippen molar-refractivity contribution >= 4 is 21.8 Å². The van der Waals surface area contributed by atoms with Crippen LogP contribution in [-0.2, 0) is 4.79 Å². The second kappa shape index (κ2) is 2.22. The van der Waals surface area contributed by atoms with E-state index >= 15 is 0 Å².